The van der Waals surface area contributed by atoms with Crippen LogP contribution in [-0.2, 0) is 6.54 Å². The Labute approximate surface area is 114 Å². The van der Waals surface area contributed by atoms with Gasteiger partial charge in [0.1, 0.15) is 0 Å². The highest BCUT2D eigenvalue weighted by molar-refractivity contribution is 9.10. The molecule has 1 aliphatic carbocycles. The van der Waals surface area contributed by atoms with E-state index in [0.29, 0.717) is 29.1 Å². The van der Waals surface area contributed by atoms with Crippen LogP contribution < -0.4 is 0 Å². The average molecular weight is 315 g/mol. The second-order valence-electron chi connectivity index (χ2n) is 4.93. The lowest BCUT2D eigenvalue weighted by atomic mass is 10.1. The summed E-state index contributed by atoms with van der Waals surface area (Å²) < 4.78 is 0.940. The molecule has 1 aromatic rings. The van der Waals surface area contributed by atoms with Crippen LogP contribution in [0.4, 0.5) is 0 Å². The topological polar surface area (TPSA) is 20.3 Å². The molecule has 17 heavy (non-hydrogen) atoms. The maximum absolute atomic E-state index is 12.3. The molecule has 0 N–H and O–H groups in total. The first kappa shape index (κ1) is 11.5. The zero-order chi connectivity index (χ0) is 12.2. The second kappa shape index (κ2) is 3.99. The van der Waals surface area contributed by atoms with Crippen molar-refractivity contribution in [1.82, 2.24) is 4.90 Å². The van der Waals surface area contributed by atoms with E-state index >= 15 is 0 Å². The summed E-state index contributed by atoms with van der Waals surface area (Å²) >= 11 is 9.58. The van der Waals surface area contributed by atoms with E-state index in [2.05, 4.69) is 22.9 Å². The Morgan fingerprint density at radius 2 is 2.18 bits per heavy atom. The normalized spacial score (nSPS) is 20.6. The Hall–Kier alpha value is -0.540. The van der Waals surface area contributed by atoms with Gasteiger partial charge in [-0.25, -0.2) is 0 Å². The van der Waals surface area contributed by atoms with Crippen molar-refractivity contribution in [3.63, 3.8) is 0 Å². The first-order chi connectivity index (χ1) is 8.08. The third-order valence-corrected chi connectivity index (χ3v) is 4.50. The molecule has 0 saturated heterocycles. The number of carbonyl (C=O) groups excluding carboxylic acids is 1. The number of carbonyl (C=O) groups is 1. The van der Waals surface area contributed by atoms with Crippen molar-refractivity contribution >= 4 is 33.4 Å². The molecule has 0 bridgehead atoms. The Balaban J connectivity index is 1.96. The fraction of sp³-hybridized carbons (Fsp3) is 0.462. The molecule has 1 aromatic carbocycles. The van der Waals surface area contributed by atoms with Crippen LogP contribution in [0.2, 0.25) is 5.02 Å². The summed E-state index contributed by atoms with van der Waals surface area (Å²) in [4.78, 5) is 14.3. The molecule has 0 spiro atoms. The largest absolute Gasteiger partial charge is 0.331 e. The van der Waals surface area contributed by atoms with Crippen molar-refractivity contribution < 1.29 is 4.79 Å². The standard InChI is InChI=1S/C13H13BrClNO/c1-7(8-2-3-8)16-6-9-4-10(14)5-11(15)12(9)13(16)17/h4-5,7-8H,2-3,6H2,1H3/t7-/m0/s1. The molecule has 4 heteroatoms. The van der Waals surface area contributed by atoms with Gasteiger partial charge >= 0.3 is 0 Å². The molecule has 90 valence electrons. The van der Waals surface area contributed by atoms with Crippen molar-refractivity contribution in [2.45, 2.75) is 32.4 Å². The zero-order valence-corrected chi connectivity index (χ0v) is 11.9. The van der Waals surface area contributed by atoms with Gasteiger partial charge in [0.15, 0.2) is 0 Å². The van der Waals surface area contributed by atoms with E-state index in [1.54, 1.807) is 6.07 Å². The fourth-order valence-corrected chi connectivity index (χ4v) is 3.51. The van der Waals surface area contributed by atoms with Crippen LogP contribution in [0, 0.1) is 5.92 Å². The number of nitrogens with zero attached hydrogens (tertiary/aromatic N) is 1. The minimum Gasteiger partial charge on any atom is -0.331 e. The summed E-state index contributed by atoms with van der Waals surface area (Å²) in [6, 6.07) is 4.13. The molecular formula is C13H13BrClNO. The van der Waals surface area contributed by atoms with Crippen LogP contribution in [0.3, 0.4) is 0 Å². The number of rotatable bonds is 2. The summed E-state index contributed by atoms with van der Waals surface area (Å²) in [5.74, 6) is 0.785. The lowest BCUT2D eigenvalue weighted by Crippen LogP contribution is -2.34. The number of amides is 1. The number of hydrogen-bond donors (Lipinski definition) is 0. The Morgan fingerprint density at radius 1 is 1.47 bits per heavy atom. The van der Waals surface area contributed by atoms with Crippen molar-refractivity contribution in [3.05, 3.63) is 32.8 Å². The van der Waals surface area contributed by atoms with Crippen LogP contribution in [0.5, 0.6) is 0 Å². The summed E-state index contributed by atoms with van der Waals surface area (Å²) in [6.45, 7) is 2.84. The molecule has 1 amide bonds. The van der Waals surface area contributed by atoms with Crippen LogP contribution >= 0.6 is 27.5 Å². The summed E-state index contributed by atoms with van der Waals surface area (Å²) in [5.41, 5.74) is 1.74. The van der Waals surface area contributed by atoms with E-state index in [0.717, 1.165) is 10.0 Å². The smallest absolute Gasteiger partial charge is 0.256 e. The van der Waals surface area contributed by atoms with Gasteiger partial charge in [-0.05, 0) is 43.4 Å². The minimum absolute atomic E-state index is 0.0944. The predicted octanol–water partition coefficient (Wildman–Crippen LogP) is 3.86. The molecule has 3 rings (SSSR count). The van der Waals surface area contributed by atoms with Crippen LogP contribution in [0.1, 0.15) is 35.7 Å². The van der Waals surface area contributed by atoms with Crippen molar-refractivity contribution in [2.75, 3.05) is 0 Å². The van der Waals surface area contributed by atoms with E-state index in [9.17, 15) is 4.79 Å². The van der Waals surface area contributed by atoms with E-state index in [4.69, 9.17) is 11.6 Å². The van der Waals surface area contributed by atoms with Gasteiger partial charge in [-0.1, -0.05) is 27.5 Å². The van der Waals surface area contributed by atoms with Crippen LogP contribution in [0.15, 0.2) is 16.6 Å². The highest BCUT2D eigenvalue weighted by Crippen LogP contribution is 2.40. The number of hydrogen-bond acceptors (Lipinski definition) is 1. The highest BCUT2D eigenvalue weighted by atomic mass is 79.9. The third-order valence-electron chi connectivity index (χ3n) is 3.75. The van der Waals surface area contributed by atoms with E-state index < -0.39 is 0 Å². The maximum Gasteiger partial charge on any atom is 0.256 e. The Morgan fingerprint density at radius 3 is 2.82 bits per heavy atom. The molecule has 0 radical (unpaired) electrons. The minimum atomic E-state index is 0.0944. The molecule has 1 heterocycles. The molecule has 2 aliphatic rings. The lowest BCUT2D eigenvalue weighted by molar-refractivity contribution is 0.0697. The molecule has 0 aromatic heterocycles. The molecule has 0 unspecified atom stereocenters. The van der Waals surface area contributed by atoms with Crippen LogP contribution in [-0.4, -0.2) is 16.8 Å². The number of fused-ring (bicyclic) bond motifs is 1. The van der Waals surface area contributed by atoms with Crippen molar-refractivity contribution in [3.8, 4) is 0 Å². The zero-order valence-electron chi connectivity index (χ0n) is 9.54. The average Bonchev–Trinajstić information content (AvgIpc) is 3.03. The van der Waals surface area contributed by atoms with E-state index in [-0.39, 0.29) is 5.91 Å². The van der Waals surface area contributed by atoms with Gasteiger partial charge in [-0.3, -0.25) is 4.79 Å². The van der Waals surface area contributed by atoms with Gasteiger partial charge < -0.3 is 4.90 Å². The van der Waals surface area contributed by atoms with E-state index in [1.165, 1.54) is 12.8 Å². The Bertz CT molecular complexity index is 498. The monoisotopic (exact) mass is 313 g/mol. The van der Waals surface area contributed by atoms with Crippen LogP contribution in [0.25, 0.3) is 0 Å². The third kappa shape index (κ3) is 1.89. The van der Waals surface area contributed by atoms with Gasteiger partial charge in [0, 0.05) is 17.1 Å². The van der Waals surface area contributed by atoms with Gasteiger partial charge in [-0.15, -0.1) is 0 Å². The van der Waals surface area contributed by atoms with Gasteiger partial charge in [0.25, 0.3) is 5.91 Å². The van der Waals surface area contributed by atoms with Gasteiger partial charge in [-0.2, -0.15) is 0 Å². The lowest BCUT2D eigenvalue weighted by Gasteiger charge is -2.23. The first-order valence-corrected chi connectivity index (χ1v) is 7.04. The quantitative estimate of drug-likeness (QED) is 0.812. The number of halogens is 2. The van der Waals surface area contributed by atoms with Gasteiger partial charge in [0.05, 0.1) is 10.6 Å². The highest BCUT2D eigenvalue weighted by Gasteiger charge is 2.39. The SMILES string of the molecule is C[C@@H](C1CC1)N1Cc2cc(Br)cc(Cl)c2C1=O. The second-order valence-corrected chi connectivity index (χ2v) is 6.26. The summed E-state index contributed by atoms with van der Waals surface area (Å²) in [6.07, 6.45) is 2.50. The molecule has 1 saturated carbocycles. The first-order valence-electron chi connectivity index (χ1n) is 5.87. The van der Waals surface area contributed by atoms with E-state index in [1.807, 2.05) is 11.0 Å². The Kier molecular flexibility index (Phi) is 2.71. The molecule has 1 aliphatic heterocycles. The number of benzene rings is 1. The van der Waals surface area contributed by atoms with Gasteiger partial charge in [0.2, 0.25) is 0 Å². The molecule has 1 fully saturated rings. The summed E-state index contributed by atoms with van der Waals surface area (Å²) in [7, 11) is 0. The van der Waals surface area contributed by atoms with Crippen molar-refractivity contribution in [1.29, 1.82) is 0 Å². The summed E-state index contributed by atoms with van der Waals surface area (Å²) in [5, 5.41) is 0.560. The predicted molar refractivity (Wildman–Crippen MR) is 71.2 cm³/mol. The molecular weight excluding hydrogens is 302 g/mol. The molecule has 1 atom stereocenters. The fourth-order valence-electron chi connectivity index (χ4n) is 2.55. The van der Waals surface area contributed by atoms with Crippen molar-refractivity contribution in [2.24, 2.45) is 5.92 Å². The molecule has 2 nitrogen and oxygen atoms in total. The maximum atomic E-state index is 12.3.